The van der Waals surface area contributed by atoms with Gasteiger partial charge in [0.25, 0.3) is 15.9 Å². The molecule has 0 saturated carbocycles. The molecule has 154 valence electrons. The number of amides is 1. The third-order valence-corrected chi connectivity index (χ3v) is 5.77. The molecule has 0 atom stereocenters. The average Bonchev–Trinajstić information content (AvgIpc) is 2.65. The van der Waals surface area contributed by atoms with Crippen molar-refractivity contribution in [3.8, 4) is 5.75 Å². The number of sulfonamides is 1. The smallest absolute Gasteiger partial charge is 0.263 e. The highest BCUT2D eigenvalue weighted by molar-refractivity contribution is 7.92. The first kappa shape index (κ1) is 20.7. The second kappa shape index (κ2) is 8.97. The molecule has 0 fully saturated rings. The molecule has 1 heterocycles. The second-order valence-corrected chi connectivity index (χ2v) is 8.22. The molecule has 1 aliphatic rings. The highest BCUT2D eigenvalue weighted by Gasteiger charge is 2.23. The number of hydrogen-bond donors (Lipinski definition) is 4. The summed E-state index contributed by atoms with van der Waals surface area (Å²) in [5.74, 6) is -1.31. The number of anilines is 2. The fraction of sp³-hybridized carbons (Fsp3) is 0.250. The van der Waals surface area contributed by atoms with Gasteiger partial charge in [0.1, 0.15) is 10.6 Å². The zero-order chi connectivity index (χ0) is 20.9. The van der Waals surface area contributed by atoms with Gasteiger partial charge in [0, 0.05) is 24.9 Å². The molecule has 0 saturated heterocycles. The Labute approximate surface area is 169 Å². The minimum atomic E-state index is -4.06. The van der Waals surface area contributed by atoms with Crippen molar-refractivity contribution in [3.05, 3.63) is 59.7 Å². The van der Waals surface area contributed by atoms with E-state index in [9.17, 15) is 18.3 Å². The maximum atomic E-state index is 13.1. The number of rotatable bonds is 1. The van der Waals surface area contributed by atoms with Crippen molar-refractivity contribution >= 4 is 27.3 Å². The van der Waals surface area contributed by atoms with Crippen LogP contribution in [0.3, 0.4) is 0 Å². The van der Waals surface area contributed by atoms with Gasteiger partial charge in [0.05, 0.1) is 17.9 Å². The molecule has 0 unspecified atom stereocenters. The van der Waals surface area contributed by atoms with E-state index in [0.29, 0.717) is 38.3 Å². The van der Waals surface area contributed by atoms with E-state index >= 15 is 0 Å². The Balaban J connectivity index is 2.05. The minimum absolute atomic E-state index is 0.170. The summed E-state index contributed by atoms with van der Waals surface area (Å²) in [6.45, 7) is 1.39. The topological polar surface area (TPSA) is 131 Å². The minimum Gasteiger partial charge on any atom is -0.507 e. The van der Waals surface area contributed by atoms with Gasteiger partial charge in [-0.1, -0.05) is 24.3 Å². The van der Waals surface area contributed by atoms with Gasteiger partial charge in [-0.15, -0.1) is 0 Å². The lowest BCUT2D eigenvalue weighted by Gasteiger charge is -2.16. The fourth-order valence-corrected chi connectivity index (χ4v) is 4.18. The SMILES string of the molecule is NC(=O)c1cc2c(cc1O)NCCCOC/C=C\Cc1cccc(c1)NS2(=O)=O. The predicted molar refractivity (Wildman–Crippen MR) is 111 cm³/mol. The Hall–Kier alpha value is -3.04. The van der Waals surface area contributed by atoms with Crippen molar-refractivity contribution < 1.29 is 23.1 Å². The summed E-state index contributed by atoms with van der Waals surface area (Å²) in [7, 11) is -4.06. The highest BCUT2D eigenvalue weighted by Crippen LogP contribution is 2.31. The van der Waals surface area contributed by atoms with Crippen molar-refractivity contribution in [3.63, 3.8) is 0 Å². The number of nitrogens with two attached hydrogens (primary N) is 1. The molecule has 5 N–H and O–H groups in total. The van der Waals surface area contributed by atoms with Crippen molar-refractivity contribution in [2.75, 3.05) is 29.8 Å². The molecule has 0 aromatic heterocycles. The van der Waals surface area contributed by atoms with Crippen LogP contribution in [0.15, 0.2) is 53.4 Å². The molecular formula is C20H23N3O5S. The summed E-state index contributed by atoms with van der Waals surface area (Å²) < 4.78 is 34.2. The van der Waals surface area contributed by atoms with Crippen LogP contribution in [-0.2, 0) is 21.2 Å². The van der Waals surface area contributed by atoms with Crippen LogP contribution in [0.4, 0.5) is 11.4 Å². The maximum Gasteiger partial charge on any atom is 0.263 e. The van der Waals surface area contributed by atoms with Crippen LogP contribution in [-0.4, -0.2) is 39.2 Å². The Morgan fingerprint density at radius 2 is 2.00 bits per heavy atom. The van der Waals surface area contributed by atoms with Gasteiger partial charge >= 0.3 is 0 Å². The molecule has 0 spiro atoms. The summed E-state index contributed by atoms with van der Waals surface area (Å²) in [6, 6.07) is 9.29. The quantitative estimate of drug-likeness (QED) is 0.526. The molecule has 29 heavy (non-hydrogen) atoms. The lowest BCUT2D eigenvalue weighted by Crippen LogP contribution is -2.19. The van der Waals surface area contributed by atoms with Crippen LogP contribution in [0.5, 0.6) is 5.75 Å². The van der Waals surface area contributed by atoms with E-state index < -0.39 is 21.7 Å². The predicted octanol–water partition coefficient (Wildman–Crippen LogP) is 2.22. The van der Waals surface area contributed by atoms with Crippen LogP contribution < -0.4 is 15.8 Å². The van der Waals surface area contributed by atoms with E-state index in [1.807, 2.05) is 18.2 Å². The van der Waals surface area contributed by atoms with Gasteiger partial charge in [0.15, 0.2) is 0 Å². The van der Waals surface area contributed by atoms with E-state index in [1.165, 1.54) is 6.07 Å². The summed E-state index contributed by atoms with van der Waals surface area (Å²) in [6.07, 6.45) is 5.15. The number of carbonyl (C=O) groups is 1. The number of carbonyl (C=O) groups excluding carboxylic acids is 1. The number of phenols is 1. The first-order chi connectivity index (χ1) is 13.9. The first-order valence-electron chi connectivity index (χ1n) is 9.12. The van der Waals surface area contributed by atoms with Crippen molar-refractivity contribution in [1.29, 1.82) is 0 Å². The number of benzene rings is 2. The summed E-state index contributed by atoms with van der Waals surface area (Å²) in [5, 5.41) is 13.1. The average molecular weight is 417 g/mol. The summed E-state index contributed by atoms with van der Waals surface area (Å²) in [5.41, 5.74) is 6.48. The van der Waals surface area contributed by atoms with E-state index in [2.05, 4.69) is 10.0 Å². The number of allylic oxidation sites excluding steroid dienone is 1. The number of hydrogen-bond acceptors (Lipinski definition) is 6. The molecule has 9 heteroatoms. The lowest BCUT2D eigenvalue weighted by molar-refractivity contribution is 0.0997. The summed E-state index contributed by atoms with van der Waals surface area (Å²) >= 11 is 0. The molecule has 0 radical (unpaired) electrons. The van der Waals surface area contributed by atoms with Gasteiger partial charge in [-0.25, -0.2) is 8.42 Å². The molecular weight excluding hydrogens is 394 g/mol. The van der Waals surface area contributed by atoms with Gasteiger partial charge in [-0.3, -0.25) is 9.52 Å². The monoisotopic (exact) mass is 417 g/mol. The number of ether oxygens (including phenoxy) is 1. The Bertz CT molecular complexity index is 1030. The molecule has 1 aliphatic heterocycles. The molecule has 3 rings (SSSR count). The van der Waals surface area contributed by atoms with Crippen molar-refractivity contribution in [2.45, 2.75) is 17.7 Å². The third-order valence-electron chi connectivity index (χ3n) is 4.35. The van der Waals surface area contributed by atoms with Gasteiger partial charge in [0.2, 0.25) is 0 Å². The van der Waals surface area contributed by atoms with E-state index in [4.69, 9.17) is 10.5 Å². The highest BCUT2D eigenvalue weighted by atomic mass is 32.2. The van der Waals surface area contributed by atoms with Crippen LogP contribution >= 0.6 is 0 Å². The number of primary amides is 1. The van der Waals surface area contributed by atoms with Crippen molar-refractivity contribution in [1.82, 2.24) is 0 Å². The van der Waals surface area contributed by atoms with E-state index in [0.717, 1.165) is 11.6 Å². The molecule has 8 nitrogen and oxygen atoms in total. The zero-order valence-electron chi connectivity index (χ0n) is 15.7. The number of nitrogens with one attached hydrogen (secondary N) is 2. The standard InChI is InChI=1S/C20H23N3O5S/c21-20(25)16-12-19-17(13-18(16)24)22-8-4-10-28-9-2-1-5-14-6-3-7-15(11-14)23-29(19,26)27/h1-3,6-7,11-13,22-24H,4-5,8-10H2,(H2,21,25)/b2-1-. The number of aromatic hydroxyl groups is 1. The first-order valence-corrected chi connectivity index (χ1v) is 10.6. The largest absolute Gasteiger partial charge is 0.507 e. The second-order valence-electron chi connectivity index (χ2n) is 6.57. The Morgan fingerprint density at radius 3 is 2.79 bits per heavy atom. The molecule has 1 amide bonds. The number of fused-ring (bicyclic) bond motifs is 3. The van der Waals surface area contributed by atoms with Gasteiger partial charge in [-0.2, -0.15) is 0 Å². The third kappa shape index (κ3) is 5.27. The maximum absolute atomic E-state index is 13.1. The Kier molecular flexibility index (Phi) is 6.40. The summed E-state index contributed by atoms with van der Waals surface area (Å²) in [4.78, 5) is 11.4. The van der Waals surface area contributed by atoms with Crippen LogP contribution in [0, 0.1) is 0 Å². The van der Waals surface area contributed by atoms with Gasteiger partial charge in [-0.05, 0) is 36.6 Å². The molecule has 2 aromatic carbocycles. The van der Waals surface area contributed by atoms with Crippen LogP contribution in [0.2, 0.25) is 0 Å². The Morgan fingerprint density at radius 1 is 1.17 bits per heavy atom. The van der Waals surface area contributed by atoms with E-state index in [1.54, 1.807) is 18.2 Å². The van der Waals surface area contributed by atoms with Gasteiger partial charge < -0.3 is 20.9 Å². The lowest BCUT2D eigenvalue weighted by atomic mass is 10.1. The molecule has 2 aromatic rings. The molecule has 0 aliphatic carbocycles. The zero-order valence-corrected chi connectivity index (χ0v) is 16.5. The van der Waals surface area contributed by atoms with Crippen LogP contribution in [0.25, 0.3) is 0 Å². The fourth-order valence-electron chi connectivity index (χ4n) is 2.93. The normalized spacial score (nSPS) is 17.9. The van der Waals surface area contributed by atoms with Crippen LogP contribution in [0.1, 0.15) is 22.3 Å². The van der Waals surface area contributed by atoms with E-state index in [-0.39, 0.29) is 16.1 Å². The molecule has 2 bridgehead atoms. The van der Waals surface area contributed by atoms with Crippen molar-refractivity contribution in [2.24, 2.45) is 5.73 Å².